The predicted octanol–water partition coefficient (Wildman–Crippen LogP) is -0.180. The molecule has 2 fully saturated rings. The molecule has 2 saturated heterocycles. The zero-order valence-corrected chi connectivity index (χ0v) is 7.45. The first-order valence-electron chi connectivity index (χ1n) is 4.91. The molecular formula is C9H17N2O. The average Bonchev–Trinajstić information content (AvgIpc) is 2.63. The maximum Gasteiger partial charge on any atom is 0.0679 e. The van der Waals surface area contributed by atoms with Crippen LogP contribution in [0, 0.1) is 0 Å². The third-order valence-electron chi connectivity index (χ3n) is 2.80. The summed E-state index contributed by atoms with van der Waals surface area (Å²) in [6.45, 7) is 4.07. The van der Waals surface area contributed by atoms with Gasteiger partial charge in [-0.05, 0) is 19.3 Å². The van der Waals surface area contributed by atoms with Gasteiger partial charge in [-0.15, -0.1) is 0 Å². The van der Waals surface area contributed by atoms with E-state index in [1.807, 2.05) is 0 Å². The van der Waals surface area contributed by atoms with Crippen molar-refractivity contribution in [2.45, 2.75) is 31.4 Å². The standard InChI is InChI=1S/C9H17N2O/c12-9-3-5-11(7-9)6-8-2-1-4-10-8/h8-9,12H,1-7H2. The molecule has 0 amide bonds. The van der Waals surface area contributed by atoms with Crippen LogP contribution in [0.3, 0.4) is 0 Å². The molecule has 1 N–H and O–H groups in total. The van der Waals surface area contributed by atoms with Crippen LogP contribution in [0.25, 0.3) is 0 Å². The van der Waals surface area contributed by atoms with E-state index in [0.717, 1.165) is 32.6 Å². The zero-order valence-electron chi connectivity index (χ0n) is 7.45. The summed E-state index contributed by atoms with van der Waals surface area (Å²) in [5.74, 6) is 0. The summed E-state index contributed by atoms with van der Waals surface area (Å²) in [6, 6.07) is 0.565. The summed E-state index contributed by atoms with van der Waals surface area (Å²) < 4.78 is 0. The molecular weight excluding hydrogens is 152 g/mol. The van der Waals surface area contributed by atoms with Crippen molar-refractivity contribution in [1.82, 2.24) is 10.2 Å². The fourth-order valence-corrected chi connectivity index (χ4v) is 2.12. The highest BCUT2D eigenvalue weighted by atomic mass is 16.3. The van der Waals surface area contributed by atoms with Crippen molar-refractivity contribution in [3.8, 4) is 0 Å². The predicted molar refractivity (Wildman–Crippen MR) is 47.1 cm³/mol. The lowest BCUT2D eigenvalue weighted by molar-refractivity contribution is 0.173. The van der Waals surface area contributed by atoms with Crippen LogP contribution in [-0.4, -0.2) is 48.3 Å². The van der Waals surface area contributed by atoms with E-state index < -0.39 is 0 Å². The van der Waals surface area contributed by atoms with Gasteiger partial charge >= 0.3 is 0 Å². The SMILES string of the molecule is OC1CCN(CC2CCC[N]2)C1. The fourth-order valence-electron chi connectivity index (χ4n) is 2.12. The molecule has 2 rings (SSSR count). The summed E-state index contributed by atoms with van der Waals surface area (Å²) in [4.78, 5) is 2.34. The molecule has 2 unspecified atom stereocenters. The van der Waals surface area contributed by atoms with Crippen molar-refractivity contribution in [3.05, 3.63) is 0 Å². The van der Waals surface area contributed by atoms with Crippen molar-refractivity contribution >= 4 is 0 Å². The molecule has 12 heavy (non-hydrogen) atoms. The number of β-amino-alcohol motifs (C(OH)–C–C–N with tert-alkyl or cyclic N) is 1. The van der Waals surface area contributed by atoms with E-state index >= 15 is 0 Å². The Kier molecular flexibility index (Phi) is 2.63. The second-order valence-corrected chi connectivity index (χ2v) is 3.90. The number of aliphatic hydroxyl groups is 1. The maximum atomic E-state index is 9.30. The van der Waals surface area contributed by atoms with Gasteiger partial charge in [-0.25, -0.2) is 5.32 Å². The first-order chi connectivity index (χ1) is 5.84. The first-order valence-corrected chi connectivity index (χ1v) is 4.91. The Labute approximate surface area is 73.8 Å². The molecule has 3 nitrogen and oxygen atoms in total. The van der Waals surface area contributed by atoms with Gasteiger partial charge in [0.1, 0.15) is 0 Å². The minimum Gasteiger partial charge on any atom is -0.392 e. The number of rotatable bonds is 2. The molecule has 0 saturated carbocycles. The molecule has 2 aliphatic heterocycles. The Morgan fingerprint density at radius 3 is 2.92 bits per heavy atom. The lowest BCUT2D eigenvalue weighted by atomic mass is 10.2. The molecule has 0 aromatic heterocycles. The number of hydrogen-bond acceptors (Lipinski definition) is 2. The second-order valence-electron chi connectivity index (χ2n) is 3.90. The lowest BCUT2D eigenvalue weighted by Crippen LogP contribution is -2.33. The Hall–Kier alpha value is -0.120. The second kappa shape index (κ2) is 3.73. The minimum atomic E-state index is -0.0774. The van der Waals surface area contributed by atoms with Crippen LogP contribution in [0.2, 0.25) is 0 Å². The van der Waals surface area contributed by atoms with Crippen LogP contribution in [0.5, 0.6) is 0 Å². The minimum absolute atomic E-state index is 0.0774. The highest BCUT2D eigenvalue weighted by Gasteiger charge is 2.24. The van der Waals surface area contributed by atoms with Gasteiger partial charge in [0.2, 0.25) is 0 Å². The highest BCUT2D eigenvalue weighted by molar-refractivity contribution is 4.82. The third kappa shape index (κ3) is 1.97. The summed E-state index contributed by atoms with van der Waals surface area (Å²) in [6.07, 6.45) is 3.40. The molecule has 0 spiro atoms. The van der Waals surface area contributed by atoms with E-state index in [4.69, 9.17) is 0 Å². The summed E-state index contributed by atoms with van der Waals surface area (Å²) in [5, 5.41) is 13.8. The van der Waals surface area contributed by atoms with Gasteiger partial charge in [-0.2, -0.15) is 0 Å². The number of hydrogen-bond donors (Lipinski definition) is 1. The molecule has 0 aromatic rings. The number of nitrogens with zero attached hydrogens (tertiary/aromatic N) is 2. The van der Waals surface area contributed by atoms with E-state index in [9.17, 15) is 5.11 Å². The highest BCUT2D eigenvalue weighted by Crippen LogP contribution is 2.13. The molecule has 3 heteroatoms. The Bertz CT molecular complexity index is 145. The first kappa shape index (κ1) is 8.48. The largest absolute Gasteiger partial charge is 0.392 e. The topological polar surface area (TPSA) is 37.6 Å². The van der Waals surface area contributed by atoms with Gasteiger partial charge in [0.15, 0.2) is 0 Å². The van der Waals surface area contributed by atoms with Crippen LogP contribution in [0.15, 0.2) is 0 Å². The van der Waals surface area contributed by atoms with Crippen molar-refractivity contribution in [1.29, 1.82) is 0 Å². The van der Waals surface area contributed by atoms with Crippen molar-refractivity contribution in [2.75, 3.05) is 26.2 Å². The van der Waals surface area contributed by atoms with Crippen LogP contribution >= 0.6 is 0 Å². The van der Waals surface area contributed by atoms with E-state index in [-0.39, 0.29) is 6.10 Å². The van der Waals surface area contributed by atoms with Gasteiger partial charge in [0.25, 0.3) is 0 Å². The van der Waals surface area contributed by atoms with Crippen LogP contribution < -0.4 is 5.32 Å². The van der Waals surface area contributed by atoms with Gasteiger partial charge < -0.3 is 5.11 Å². The quantitative estimate of drug-likeness (QED) is 0.622. The maximum absolute atomic E-state index is 9.30. The Balaban J connectivity index is 1.72. The van der Waals surface area contributed by atoms with E-state index in [2.05, 4.69) is 10.2 Å². The van der Waals surface area contributed by atoms with Crippen molar-refractivity contribution in [3.63, 3.8) is 0 Å². The van der Waals surface area contributed by atoms with Gasteiger partial charge in [0.05, 0.1) is 6.10 Å². The monoisotopic (exact) mass is 169 g/mol. The van der Waals surface area contributed by atoms with Gasteiger partial charge in [0, 0.05) is 32.2 Å². The fraction of sp³-hybridized carbons (Fsp3) is 1.00. The number of likely N-dealkylation sites (tertiary alicyclic amines) is 1. The Morgan fingerprint density at radius 2 is 2.33 bits per heavy atom. The molecule has 0 aliphatic carbocycles. The van der Waals surface area contributed by atoms with Gasteiger partial charge in [-0.3, -0.25) is 4.90 Å². The lowest BCUT2D eigenvalue weighted by Gasteiger charge is -2.18. The molecule has 2 aliphatic rings. The summed E-state index contributed by atoms with van der Waals surface area (Å²) in [5.41, 5.74) is 0. The summed E-state index contributed by atoms with van der Waals surface area (Å²) in [7, 11) is 0. The van der Waals surface area contributed by atoms with Crippen LogP contribution in [0.4, 0.5) is 0 Å². The van der Waals surface area contributed by atoms with Crippen LogP contribution in [0.1, 0.15) is 19.3 Å². The molecule has 1 radical (unpaired) electrons. The molecule has 2 atom stereocenters. The van der Waals surface area contributed by atoms with E-state index in [1.165, 1.54) is 12.8 Å². The molecule has 69 valence electrons. The smallest absolute Gasteiger partial charge is 0.0679 e. The Morgan fingerprint density at radius 1 is 1.42 bits per heavy atom. The zero-order chi connectivity index (χ0) is 8.39. The van der Waals surface area contributed by atoms with E-state index in [1.54, 1.807) is 0 Å². The average molecular weight is 169 g/mol. The van der Waals surface area contributed by atoms with Crippen LogP contribution in [-0.2, 0) is 0 Å². The van der Waals surface area contributed by atoms with Gasteiger partial charge in [-0.1, -0.05) is 0 Å². The third-order valence-corrected chi connectivity index (χ3v) is 2.80. The van der Waals surface area contributed by atoms with E-state index in [0.29, 0.717) is 6.04 Å². The van der Waals surface area contributed by atoms with Crippen molar-refractivity contribution < 1.29 is 5.11 Å². The summed E-state index contributed by atoms with van der Waals surface area (Å²) >= 11 is 0. The number of aliphatic hydroxyl groups excluding tert-OH is 1. The molecule has 2 heterocycles. The normalized spacial score (nSPS) is 37.8. The van der Waals surface area contributed by atoms with Crippen molar-refractivity contribution in [2.24, 2.45) is 0 Å². The molecule has 0 bridgehead atoms. The molecule has 0 aromatic carbocycles.